The highest BCUT2D eigenvalue weighted by atomic mass is 16.3. The van der Waals surface area contributed by atoms with E-state index in [1.165, 1.54) is 10.9 Å². The summed E-state index contributed by atoms with van der Waals surface area (Å²) >= 11 is 0. The molecule has 1 atom stereocenters. The number of fused-ring (bicyclic) bond motifs is 1. The fourth-order valence-corrected chi connectivity index (χ4v) is 4.02. The molecule has 1 aliphatic heterocycles. The van der Waals surface area contributed by atoms with Crippen LogP contribution in [0.25, 0.3) is 10.9 Å². The largest absolute Gasteiger partial charge is 0.483 e. The first-order valence-corrected chi connectivity index (χ1v) is 9.71. The molecule has 1 aromatic carbocycles. The monoisotopic (exact) mass is 429 g/mol. The van der Waals surface area contributed by atoms with Gasteiger partial charge in [-0.2, -0.15) is 5.10 Å². The fraction of sp³-hybridized carbons (Fsp3) is 0.333. The van der Waals surface area contributed by atoms with E-state index in [-0.39, 0.29) is 18.9 Å². The number of amides is 1. The number of nitrogens with one attached hydrogen (secondary N) is 2. The van der Waals surface area contributed by atoms with Gasteiger partial charge in [0.25, 0.3) is 12.9 Å². The van der Waals surface area contributed by atoms with E-state index in [0.29, 0.717) is 6.54 Å². The zero-order chi connectivity index (χ0) is 22.7. The van der Waals surface area contributed by atoms with Gasteiger partial charge in [-0.25, -0.2) is 0 Å². The molecule has 2 aromatic heterocycles. The molecular weight excluding hydrogens is 402 g/mol. The minimum Gasteiger partial charge on any atom is -0.483 e. The second-order valence-electron chi connectivity index (χ2n) is 6.94. The molecule has 4 rings (SSSR count). The highest BCUT2D eigenvalue weighted by Gasteiger charge is 2.44. The molecular formula is C21H27N5O5. The standard InChI is InChI=1S/C19H23N5O.2CH2O2/c1-20-18(25)19(24-12-4-9-22-24)8-3-11-23(14-19)13-15-5-2-6-17-16(15)7-10-21-17;2*2-1-3/h2,4-7,9-10,12,21H,3,8,11,13-14H2,1H3,(H,20,25);2*1H,(H,2,3). The molecule has 3 heterocycles. The second-order valence-corrected chi connectivity index (χ2v) is 6.94. The van der Waals surface area contributed by atoms with Crippen LogP contribution in [-0.2, 0) is 26.5 Å². The van der Waals surface area contributed by atoms with Crippen molar-refractivity contribution >= 4 is 29.8 Å². The van der Waals surface area contributed by atoms with Crippen LogP contribution in [0.1, 0.15) is 18.4 Å². The molecule has 0 spiro atoms. The molecule has 1 fully saturated rings. The van der Waals surface area contributed by atoms with E-state index in [9.17, 15) is 4.79 Å². The van der Waals surface area contributed by atoms with Crippen LogP contribution in [0.5, 0.6) is 0 Å². The van der Waals surface area contributed by atoms with Crippen molar-refractivity contribution in [3.05, 3.63) is 54.5 Å². The second kappa shape index (κ2) is 11.5. The summed E-state index contributed by atoms with van der Waals surface area (Å²) in [6, 6.07) is 10.3. The number of H-pyrrole nitrogens is 1. The van der Waals surface area contributed by atoms with Crippen LogP contribution >= 0.6 is 0 Å². The summed E-state index contributed by atoms with van der Waals surface area (Å²) in [5.41, 5.74) is 1.80. The molecule has 0 saturated carbocycles. The van der Waals surface area contributed by atoms with Crippen LogP contribution in [0.3, 0.4) is 0 Å². The topological polar surface area (TPSA) is 141 Å². The summed E-state index contributed by atoms with van der Waals surface area (Å²) in [6.07, 6.45) is 7.38. The van der Waals surface area contributed by atoms with Gasteiger partial charge in [0.2, 0.25) is 5.91 Å². The first kappa shape index (κ1) is 23.6. The highest BCUT2D eigenvalue weighted by molar-refractivity contribution is 5.85. The summed E-state index contributed by atoms with van der Waals surface area (Å²) in [7, 11) is 1.70. The van der Waals surface area contributed by atoms with Gasteiger partial charge in [-0.15, -0.1) is 0 Å². The van der Waals surface area contributed by atoms with E-state index in [4.69, 9.17) is 19.8 Å². The summed E-state index contributed by atoms with van der Waals surface area (Å²) in [5, 5.41) is 22.3. The summed E-state index contributed by atoms with van der Waals surface area (Å²) in [5.74, 6) is 0.0285. The number of hydrogen-bond acceptors (Lipinski definition) is 5. The zero-order valence-corrected chi connectivity index (χ0v) is 17.3. The van der Waals surface area contributed by atoms with Crippen LogP contribution in [0, 0.1) is 0 Å². The van der Waals surface area contributed by atoms with Gasteiger partial charge in [0.05, 0.1) is 0 Å². The number of likely N-dealkylation sites (N-methyl/N-ethyl adjacent to an activating group) is 1. The zero-order valence-electron chi connectivity index (χ0n) is 17.3. The Hall–Kier alpha value is -3.66. The number of carbonyl (C=O) groups is 3. The molecule has 10 nitrogen and oxygen atoms in total. The third-order valence-corrected chi connectivity index (χ3v) is 5.22. The van der Waals surface area contributed by atoms with Gasteiger partial charge in [0.1, 0.15) is 0 Å². The number of benzene rings is 1. The SMILES string of the molecule is CNC(=O)C1(n2cccn2)CCCN(Cc2cccc3[nH]ccc23)C1.O=CO.O=CO. The number of carbonyl (C=O) groups excluding carboxylic acids is 1. The Morgan fingerprint density at radius 1 is 1.26 bits per heavy atom. The third kappa shape index (κ3) is 5.48. The van der Waals surface area contributed by atoms with Crippen molar-refractivity contribution in [2.75, 3.05) is 20.1 Å². The number of likely N-dealkylation sites (tertiary alicyclic amines) is 1. The fourth-order valence-electron chi connectivity index (χ4n) is 4.02. The quantitative estimate of drug-likeness (QED) is 0.461. The van der Waals surface area contributed by atoms with Crippen molar-refractivity contribution in [1.82, 2.24) is 25.0 Å². The number of carboxylic acid groups (broad SMARTS) is 2. The summed E-state index contributed by atoms with van der Waals surface area (Å²) in [6.45, 7) is 1.98. The number of aromatic nitrogens is 3. The van der Waals surface area contributed by atoms with Crippen molar-refractivity contribution in [3.63, 3.8) is 0 Å². The minimum atomic E-state index is -0.636. The lowest BCUT2D eigenvalue weighted by molar-refractivity contribution is -0.133. The maximum Gasteiger partial charge on any atom is 0.290 e. The molecule has 1 unspecified atom stereocenters. The average molecular weight is 429 g/mol. The van der Waals surface area contributed by atoms with Crippen LogP contribution in [0.4, 0.5) is 0 Å². The highest BCUT2D eigenvalue weighted by Crippen LogP contribution is 2.30. The first-order valence-electron chi connectivity index (χ1n) is 9.71. The van der Waals surface area contributed by atoms with Gasteiger partial charge < -0.3 is 20.5 Å². The van der Waals surface area contributed by atoms with Crippen molar-refractivity contribution in [1.29, 1.82) is 0 Å². The molecule has 10 heteroatoms. The van der Waals surface area contributed by atoms with Crippen molar-refractivity contribution < 1.29 is 24.6 Å². The number of nitrogens with zero attached hydrogens (tertiary/aromatic N) is 3. The number of piperidine rings is 1. The maximum absolute atomic E-state index is 12.8. The predicted octanol–water partition coefficient (Wildman–Crippen LogP) is 1.50. The van der Waals surface area contributed by atoms with Gasteiger partial charge >= 0.3 is 0 Å². The molecule has 3 aromatic rings. The van der Waals surface area contributed by atoms with Crippen LogP contribution < -0.4 is 5.32 Å². The van der Waals surface area contributed by atoms with E-state index < -0.39 is 5.54 Å². The Bertz CT molecular complexity index is 966. The van der Waals surface area contributed by atoms with Gasteiger partial charge in [-0.1, -0.05) is 12.1 Å². The average Bonchev–Trinajstić information content (AvgIpc) is 3.47. The number of rotatable bonds is 4. The Balaban J connectivity index is 0.000000513. The molecule has 4 N–H and O–H groups in total. The molecule has 0 radical (unpaired) electrons. The van der Waals surface area contributed by atoms with Gasteiger partial charge in [-0.3, -0.25) is 24.0 Å². The Labute approximate surface area is 179 Å². The minimum absolute atomic E-state index is 0.0285. The molecule has 31 heavy (non-hydrogen) atoms. The predicted molar refractivity (Wildman–Crippen MR) is 114 cm³/mol. The van der Waals surface area contributed by atoms with Crippen molar-refractivity contribution in [2.24, 2.45) is 0 Å². The molecule has 0 bridgehead atoms. The summed E-state index contributed by atoms with van der Waals surface area (Å²) in [4.78, 5) is 35.1. The van der Waals surface area contributed by atoms with Gasteiger partial charge in [0, 0.05) is 49.6 Å². The maximum atomic E-state index is 12.8. The molecule has 1 aliphatic rings. The van der Waals surface area contributed by atoms with Crippen molar-refractivity contribution in [3.8, 4) is 0 Å². The van der Waals surface area contributed by atoms with E-state index in [2.05, 4.69) is 44.6 Å². The normalized spacial score (nSPS) is 18.1. The molecule has 166 valence electrons. The van der Waals surface area contributed by atoms with E-state index in [1.54, 1.807) is 13.2 Å². The Morgan fingerprint density at radius 3 is 2.65 bits per heavy atom. The van der Waals surface area contributed by atoms with E-state index in [0.717, 1.165) is 31.4 Å². The van der Waals surface area contributed by atoms with Crippen LogP contribution in [0.2, 0.25) is 0 Å². The van der Waals surface area contributed by atoms with Crippen molar-refractivity contribution in [2.45, 2.75) is 24.9 Å². The first-order chi connectivity index (χ1) is 15.1. The van der Waals surface area contributed by atoms with Crippen LogP contribution in [0.15, 0.2) is 48.9 Å². The Morgan fingerprint density at radius 2 is 2.00 bits per heavy atom. The van der Waals surface area contributed by atoms with Gasteiger partial charge in [-0.05, 0) is 43.1 Å². The molecule has 0 aliphatic carbocycles. The molecule has 1 saturated heterocycles. The number of aromatic amines is 1. The lowest BCUT2D eigenvalue weighted by atomic mass is 9.87. The lowest BCUT2D eigenvalue weighted by Crippen LogP contribution is -2.57. The van der Waals surface area contributed by atoms with E-state index >= 15 is 0 Å². The van der Waals surface area contributed by atoms with Crippen LogP contribution in [-0.4, -0.2) is 68.9 Å². The number of hydrogen-bond donors (Lipinski definition) is 4. The lowest BCUT2D eigenvalue weighted by Gasteiger charge is -2.41. The summed E-state index contributed by atoms with van der Waals surface area (Å²) < 4.78 is 1.83. The third-order valence-electron chi connectivity index (χ3n) is 5.22. The van der Waals surface area contributed by atoms with Gasteiger partial charge in [0.15, 0.2) is 5.54 Å². The molecule has 1 amide bonds. The Kier molecular flexibility index (Phi) is 8.77. The van der Waals surface area contributed by atoms with E-state index in [1.807, 2.05) is 23.1 Å². The smallest absolute Gasteiger partial charge is 0.290 e.